The zero-order chi connectivity index (χ0) is 8.69. The second-order valence-electron chi connectivity index (χ2n) is 2.19. The van der Waals surface area contributed by atoms with Gasteiger partial charge in [-0.3, -0.25) is 0 Å². The Morgan fingerprint density at radius 2 is 1.55 bits per heavy atom. The van der Waals surface area contributed by atoms with Gasteiger partial charge in [0.2, 0.25) is 0 Å². The van der Waals surface area contributed by atoms with E-state index in [0.717, 1.165) is 26.2 Å². The summed E-state index contributed by atoms with van der Waals surface area (Å²) in [5, 5.41) is 4.19. The molecule has 1 rings (SSSR count). The fraction of sp³-hybridized carbons (Fsp3) is 1.00. The number of hydrogen-bond donors (Lipinski definition) is 0. The summed E-state index contributed by atoms with van der Waals surface area (Å²) in [7, 11) is 17.1. The number of likely N-dealkylation sites (N-methyl/N-ethyl adjacent to an activating group) is 1. The van der Waals surface area contributed by atoms with E-state index in [0.29, 0.717) is 0 Å². The van der Waals surface area contributed by atoms with E-state index < -0.39 is 14.7 Å². The fourth-order valence-electron chi connectivity index (χ4n) is 0.706. The zero-order valence-corrected chi connectivity index (χ0v) is 10.2. The van der Waals surface area contributed by atoms with Gasteiger partial charge in [-0.25, -0.2) is 0 Å². The van der Waals surface area contributed by atoms with E-state index >= 15 is 0 Å². The molecule has 1 heterocycles. The summed E-state index contributed by atoms with van der Waals surface area (Å²) in [4.78, 5) is 2.30. The normalized spacial score (nSPS) is 18.5. The molecule has 0 aromatic rings. The first-order valence-corrected chi connectivity index (χ1v) is 9.72. The first-order valence-electron chi connectivity index (χ1n) is 3.28. The minimum atomic E-state index is -1.92. The van der Waals surface area contributed by atoms with Crippen LogP contribution in [0.1, 0.15) is 0 Å². The minimum absolute atomic E-state index is 1.04. The van der Waals surface area contributed by atoms with Gasteiger partial charge in [-0.15, -0.1) is 13.1 Å². The molecule has 66 valence electrons. The van der Waals surface area contributed by atoms with Crippen LogP contribution in [-0.4, -0.2) is 38.1 Å². The van der Waals surface area contributed by atoms with Crippen molar-refractivity contribution in [1.82, 2.24) is 4.90 Å². The van der Waals surface area contributed by atoms with Gasteiger partial charge >= 0.3 is 42.6 Å². The second kappa shape index (κ2) is 8.12. The maximum absolute atomic E-state index is 4.97. The molecule has 0 unspecified atom stereocenters. The quantitative estimate of drug-likeness (QED) is 0.606. The first-order chi connectivity index (χ1) is 5.13. The number of piperazine rings is 1. The van der Waals surface area contributed by atoms with E-state index in [-0.39, 0.29) is 0 Å². The van der Waals surface area contributed by atoms with Crippen LogP contribution in [0.15, 0.2) is 0 Å². The molecule has 0 spiro atoms. The Bertz CT molecular complexity index is 85.0. The Morgan fingerprint density at radius 1 is 1.18 bits per heavy atom. The van der Waals surface area contributed by atoms with E-state index in [4.69, 9.17) is 27.9 Å². The summed E-state index contributed by atoms with van der Waals surface area (Å²) < 4.78 is 0. The Balaban J connectivity index is 0.000000218. The van der Waals surface area contributed by atoms with Gasteiger partial charge in [-0.1, -0.05) is 0 Å². The Labute approximate surface area is 85.6 Å². The summed E-state index contributed by atoms with van der Waals surface area (Å²) in [6.45, 7) is 4.38. The van der Waals surface area contributed by atoms with Crippen molar-refractivity contribution in [2.75, 3.05) is 33.2 Å². The number of nitrogens with zero attached hydrogens (tertiary/aromatic N) is 2. The predicted octanol–water partition coefficient (Wildman–Crippen LogP) is 2.37. The molecule has 2 nitrogen and oxygen atoms in total. The van der Waals surface area contributed by atoms with Gasteiger partial charge in [0.05, 0.1) is 0 Å². The van der Waals surface area contributed by atoms with E-state index in [2.05, 4.69) is 17.3 Å². The molecule has 1 fully saturated rings. The Morgan fingerprint density at radius 3 is 1.73 bits per heavy atom. The molecule has 0 atom stereocenters. The molecule has 0 bridgehead atoms. The molecule has 1 aliphatic heterocycles. The molecule has 11 heavy (non-hydrogen) atoms. The van der Waals surface area contributed by atoms with Gasteiger partial charge in [-0.2, -0.15) is 0 Å². The summed E-state index contributed by atoms with van der Waals surface area (Å²) in [6, 6.07) is 0. The second-order valence-corrected chi connectivity index (χ2v) is 9.93. The van der Waals surface area contributed by atoms with Crippen molar-refractivity contribution in [1.29, 1.82) is 0 Å². The van der Waals surface area contributed by atoms with Gasteiger partial charge in [-0.05, 0) is 20.1 Å². The predicted molar refractivity (Wildman–Crippen MR) is 48.1 cm³/mol. The van der Waals surface area contributed by atoms with Crippen molar-refractivity contribution in [3.63, 3.8) is 0 Å². The average Bonchev–Trinajstić information content (AvgIpc) is 1.87. The van der Waals surface area contributed by atoms with Crippen LogP contribution in [0.5, 0.6) is 0 Å². The number of rotatable bonds is 0. The van der Waals surface area contributed by atoms with Crippen molar-refractivity contribution >= 4 is 27.9 Å². The third kappa shape index (κ3) is 11.5. The third-order valence-corrected chi connectivity index (χ3v) is 1.28. The summed E-state index contributed by atoms with van der Waals surface area (Å²) in [5.41, 5.74) is 0. The topological polar surface area (TPSA) is 17.3 Å². The summed E-state index contributed by atoms with van der Waals surface area (Å²) in [6.07, 6.45) is 0. The van der Waals surface area contributed by atoms with Crippen LogP contribution in [0.4, 0.5) is 0 Å². The van der Waals surface area contributed by atoms with Crippen LogP contribution in [-0.2, 0) is 14.7 Å². The van der Waals surface area contributed by atoms with Crippen LogP contribution in [0.25, 0.3) is 5.32 Å². The van der Waals surface area contributed by atoms with Crippen molar-refractivity contribution in [3.8, 4) is 0 Å². The summed E-state index contributed by atoms with van der Waals surface area (Å²) >= 11 is -1.92. The van der Waals surface area contributed by atoms with Gasteiger partial charge < -0.3 is 10.2 Å². The molecule has 0 N–H and O–H groups in total. The van der Waals surface area contributed by atoms with E-state index in [1.807, 2.05) is 0 Å². The average molecular weight is 253 g/mol. The number of hydrogen-bond acceptors (Lipinski definition) is 1. The van der Waals surface area contributed by atoms with Crippen molar-refractivity contribution < 1.29 is 14.7 Å². The third-order valence-electron chi connectivity index (χ3n) is 1.28. The number of halogens is 3. The molecule has 0 amide bonds. The fourth-order valence-corrected chi connectivity index (χ4v) is 0.706. The van der Waals surface area contributed by atoms with E-state index in [9.17, 15) is 0 Å². The van der Waals surface area contributed by atoms with Crippen LogP contribution >= 0.6 is 27.9 Å². The van der Waals surface area contributed by atoms with Crippen molar-refractivity contribution in [2.45, 2.75) is 0 Å². The molecule has 1 aliphatic rings. The molecule has 1 saturated heterocycles. The molecule has 0 saturated carbocycles. The summed E-state index contributed by atoms with van der Waals surface area (Å²) in [5.74, 6) is 0. The van der Waals surface area contributed by atoms with Gasteiger partial charge in [0, 0.05) is 0 Å². The molecule has 0 aromatic carbocycles. The Kier molecular flexibility index (Phi) is 9.23. The molecule has 0 radical (unpaired) electrons. The van der Waals surface area contributed by atoms with Crippen LogP contribution < -0.4 is 0 Å². The van der Waals surface area contributed by atoms with Gasteiger partial charge in [0.25, 0.3) is 0 Å². The standard InChI is InChI=1S/C5H11N2.3ClH.Ti/c1-7-4-2-6-3-5-7;;;;/h2-5H2,1H3;3*1H;/q-1;;;;+4/p-3. The zero-order valence-electron chi connectivity index (χ0n) is 6.36. The molecule has 6 heteroatoms. The van der Waals surface area contributed by atoms with Gasteiger partial charge in [0.15, 0.2) is 0 Å². The first kappa shape index (κ1) is 12.5. The molecular weight excluding hydrogens is 242 g/mol. The van der Waals surface area contributed by atoms with Crippen molar-refractivity contribution in [2.24, 2.45) is 0 Å². The molecule has 0 aliphatic carbocycles. The van der Waals surface area contributed by atoms with E-state index in [1.54, 1.807) is 0 Å². The molecular formula is C5H11Cl3N2Ti. The van der Waals surface area contributed by atoms with Crippen LogP contribution in [0, 0.1) is 0 Å². The van der Waals surface area contributed by atoms with Crippen molar-refractivity contribution in [3.05, 3.63) is 5.32 Å². The monoisotopic (exact) mass is 252 g/mol. The molecule has 0 aromatic heterocycles. The SMILES string of the molecule is CN1CC[N-]CC1.[Cl][Ti+]([Cl])[Cl]. The van der Waals surface area contributed by atoms with Crippen LogP contribution in [0.2, 0.25) is 0 Å². The maximum atomic E-state index is 4.97. The van der Waals surface area contributed by atoms with Gasteiger partial charge in [0.1, 0.15) is 0 Å². The van der Waals surface area contributed by atoms with Crippen LogP contribution in [0.3, 0.4) is 0 Å². The Hall–Kier alpha value is 1.50. The van der Waals surface area contributed by atoms with E-state index in [1.165, 1.54) is 0 Å².